The average molecular weight is 512 g/mol. The number of rotatable bonds is 6. The predicted octanol–water partition coefficient (Wildman–Crippen LogP) is 2.59. The van der Waals surface area contributed by atoms with Crippen LogP contribution in [0.2, 0.25) is 0 Å². The van der Waals surface area contributed by atoms with Crippen LogP contribution in [0.4, 0.5) is 10.7 Å². The van der Waals surface area contributed by atoms with Gasteiger partial charge in [0.05, 0.1) is 22.1 Å². The van der Waals surface area contributed by atoms with Crippen LogP contribution in [0.15, 0.2) is 77.8 Å². The van der Waals surface area contributed by atoms with E-state index in [2.05, 4.69) is 10.7 Å². The van der Waals surface area contributed by atoms with Crippen molar-refractivity contribution >= 4 is 43.9 Å². The van der Waals surface area contributed by atoms with E-state index in [1.807, 2.05) is 29.4 Å². The zero-order chi connectivity index (χ0) is 24.6. The topological polar surface area (TPSA) is 131 Å². The molecule has 2 aromatic carbocycles. The van der Waals surface area contributed by atoms with Crippen molar-refractivity contribution in [3.05, 3.63) is 88.9 Å². The molecule has 2 amide bonds. The van der Waals surface area contributed by atoms with Crippen molar-refractivity contribution in [2.75, 3.05) is 16.9 Å². The van der Waals surface area contributed by atoms with Crippen molar-refractivity contribution in [3.8, 4) is 0 Å². The quantitative estimate of drug-likeness (QED) is 0.296. The Bertz CT molecular complexity index is 1400. The molecule has 0 radical (unpaired) electrons. The van der Waals surface area contributed by atoms with E-state index in [4.69, 9.17) is 0 Å². The van der Waals surface area contributed by atoms with E-state index in [1.165, 1.54) is 6.07 Å². The highest BCUT2D eigenvalue weighted by molar-refractivity contribution is 7.89. The van der Waals surface area contributed by atoms with E-state index in [9.17, 15) is 23.2 Å². The van der Waals surface area contributed by atoms with E-state index < -0.39 is 22.0 Å². The fraction of sp³-hybridized carbons (Fsp3) is 0.130. The average Bonchev–Trinajstić information content (AvgIpc) is 3.59. The van der Waals surface area contributed by atoms with Gasteiger partial charge >= 0.3 is 0 Å². The summed E-state index contributed by atoms with van der Waals surface area (Å²) in [5.74, 6) is -1.22. The van der Waals surface area contributed by atoms with Gasteiger partial charge in [0, 0.05) is 23.2 Å². The summed E-state index contributed by atoms with van der Waals surface area (Å²) in [7, 11) is -4.04. The number of anilines is 2. The van der Waals surface area contributed by atoms with Crippen LogP contribution >= 0.6 is 11.3 Å². The van der Waals surface area contributed by atoms with Crippen molar-refractivity contribution < 1.29 is 23.2 Å². The summed E-state index contributed by atoms with van der Waals surface area (Å²) in [4.78, 5) is 25.7. The van der Waals surface area contributed by atoms with E-state index in [0.717, 1.165) is 27.9 Å². The molecule has 12 heteroatoms. The summed E-state index contributed by atoms with van der Waals surface area (Å²) >= 11 is 1.13. The molecule has 1 unspecified atom stereocenters. The van der Waals surface area contributed by atoms with Crippen LogP contribution in [0.5, 0.6) is 0 Å². The number of hydroxylamine groups is 1. The van der Waals surface area contributed by atoms with Gasteiger partial charge in [-0.2, -0.15) is 4.31 Å². The number of fused-ring (bicyclic) bond motifs is 1. The van der Waals surface area contributed by atoms with Gasteiger partial charge in [0.15, 0.2) is 0 Å². The maximum atomic E-state index is 13.3. The molecule has 2 aliphatic heterocycles. The van der Waals surface area contributed by atoms with Crippen LogP contribution in [0.3, 0.4) is 0 Å². The molecule has 2 aliphatic rings. The summed E-state index contributed by atoms with van der Waals surface area (Å²) in [5, 5.41) is 14.2. The summed E-state index contributed by atoms with van der Waals surface area (Å²) in [6, 6.07) is 15.5. The lowest BCUT2D eigenvalue weighted by Gasteiger charge is -2.25. The fourth-order valence-electron chi connectivity index (χ4n) is 4.03. The third kappa shape index (κ3) is 4.33. The summed E-state index contributed by atoms with van der Waals surface area (Å²) in [6.45, 7) is 0.679. The molecule has 5 rings (SSSR count). The van der Waals surface area contributed by atoms with Crippen molar-refractivity contribution in [2.24, 2.45) is 0 Å². The van der Waals surface area contributed by atoms with Gasteiger partial charge in [-0.05, 0) is 35.9 Å². The van der Waals surface area contributed by atoms with Gasteiger partial charge in [0.1, 0.15) is 6.04 Å². The second-order valence-corrected chi connectivity index (χ2v) is 10.9. The van der Waals surface area contributed by atoms with Crippen molar-refractivity contribution in [3.63, 3.8) is 0 Å². The number of sulfonamides is 1. The van der Waals surface area contributed by atoms with Gasteiger partial charge in [-0.3, -0.25) is 19.8 Å². The number of nitrogens with zero attached hydrogens (tertiary/aromatic N) is 2. The lowest BCUT2D eigenvalue weighted by Crippen LogP contribution is -2.39. The Morgan fingerprint density at radius 2 is 1.83 bits per heavy atom. The van der Waals surface area contributed by atoms with Crippen LogP contribution < -0.4 is 21.2 Å². The van der Waals surface area contributed by atoms with Gasteiger partial charge in [-0.1, -0.05) is 36.4 Å². The van der Waals surface area contributed by atoms with E-state index in [0.29, 0.717) is 21.0 Å². The highest BCUT2D eigenvalue weighted by atomic mass is 32.2. The zero-order valence-electron chi connectivity index (χ0n) is 18.2. The van der Waals surface area contributed by atoms with Crippen LogP contribution in [-0.4, -0.2) is 36.3 Å². The van der Waals surface area contributed by atoms with Gasteiger partial charge in [-0.15, -0.1) is 11.3 Å². The lowest BCUT2D eigenvalue weighted by molar-refractivity contribution is -0.133. The minimum absolute atomic E-state index is 0.0340. The maximum absolute atomic E-state index is 13.3. The molecule has 35 heavy (non-hydrogen) atoms. The van der Waals surface area contributed by atoms with Gasteiger partial charge in [0.2, 0.25) is 10.0 Å². The predicted molar refractivity (Wildman–Crippen MR) is 130 cm³/mol. The maximum Gasteiger partial charge on any atom is 0.266 e. The zero-order valence-corrected chi connectivity index (χ0v) is 19.8. The standard InChI is InChI=1S/C23H21N5O5S2/c29-22(16-7-9-17(10-8-16)27-12-4-11-24-27)25-20-13-19-18(34-20)14-28(35(19,32)33)21(23(30)26-31)15-5-2-1-3-6-15/h1-10,12-13,21,24,31H,11,14H2,(H,25,29)(H,26,30). The number of benzene rings is 2. The molecule has 0 saturated carbocycles. The minimum Gasteiger partial charge on any atom is -0.314 e. The van der Waals surface area contributed by atoms with Gasteiger partial charge in [-0.25, -0.2) is 19.3 Å². The molecule has 0 saturated heterocycles. The summed E-state index contributed by atoms with van der Waals surface area (Å²) in [5.41, 5.74) is 6.45. The molecule has 1 aromatic heterocycles. The molecule has 3 heterocycles. The van der Waals surface area contributed by atoms with Gasteiger partial charge in [0.25, 0.3) is 11.8 Å². The number of carbonyl (C=O) groups is 2. The molecule has 3 aromatic rings. The molecule has 0 aliphatic carbocycles. The molecule has 180 valence electrons. The Morgan fingerprint density at radius 3 is 2.46 bits per heavy atom. The minimum atomic E-state index is -4.04. The Kier molecular flexibility index (Phi) is 6.13. The molecular weight excluding hydrogens is 490 g/mol. The van der Waals surface area contributed by atoms with Crippen LogP contribution in [0.25, 0.3) is 0 Å². The highest BCUT2D eigenvalue weighted by Gasteiger charge is 2.44. The fourth-order valence-corrected chi connectivity index (χ4v) is 7.24. The molecule has 1 atom stereocenters. The number of carbonyl (C=O) groups excluding carboxylic acids is 2. The number of hydrogen-bond acceptors (Lipinski definition) is 8. The number of amides is 2. The van der Waals surface area contributed by atoms with Crippen LogP contribution in [0, 0.1) is 0 Å². The Labute approximate surface area is 205 Å². The van der Waals surface area contributed by atoms with Crippen LogP contribution in [-0.2, 0) is 21.4 Å². The van der Waals surface area contributed by atoms with E-state index >= 15 is 0 Å². The molecule has 10 nitrogen and oxygen atoms in total. The third-order valence-electron chi connectivity index (χ3n) is 5.70. The Hall–Kier alpha value is -3.55. The van der Waals surface area contributed by atoms with E-state index in [-0.39, 0.29) is 17.3 Å². The smallest absolute Gasteiger partial charge is 0.266 e. The second-order valence-electron chi connectivity index (χ2n) is 7.86. The first-order valence-corrected chi connectivity index (χ1v) is 12.9. The molecule has 0 fully saturated rings. The Morgan fingerprint density at radius 1 is 1.09 bits per heavy atom. The van der Waals surface area contributed by atoms with E-state index in [1.54, 1.807) is 47.9 Å². The number of nitrogens with one attached hydrogen (secondary N) is 3. The SMILES string of the molecule is O=C(Nc1cc2c(s1)CN(C(C(=O)NO)c1ccccc1)S2(=O)=O)c1ccc(N2C=CCN2)cc1. The van der Waals surface area contributed by atoms with Crippen molar-refractivity contribution in [1.82, 2.24) is 15.2 Å². The van der Waals surface area contributed by atoms with Crippen molar-refractivity contribution in [1.29, 1.82) is 0 Å². The first-order valence-electron chi connectivity index (χ1n) is 10.6. The summed E-state index contributed by atoms with van der Waals surface area (Å²) in [6.07, 6.45) is 3.88. The first kappa shape index (κ1) is 23.2. The summed E-state index contributed by atoms with van der Waals surface area (Å²) < 4.78 is 27.6. The molecule has 0 bridgehead atoms. The molecular formula is C23H21N5O5S2. The Balaban J connectivity index is 1.34. The van der Waals surface area contributed by atoms with Crippen molar-refractivity contribution in [2.45, 2.75) is 17.5 Å². The van der Waals surface area contributed by atoms with Crippen LogP contribution in [0.1, 0.15) is 26.8 Å². The number of thiophene rings is 1. The van der Waals surface area contributed by atoms with Gasteiger partial charge < -0.3 is 5.32 Å². The normalized spacial score (nSPS) is 17.2. The largest absolute Gasteiger partial charge is 0.314 e. The monoisotopic (exact) mass is 511 g/mol. The molecule has 4 N–H and O–H groups in total. The molecule has 0 spiro atoms. The second kappa shape index (κ2) is 9.24. The number of hydrogen-bond donors (Lipinski definition) is 4. The highest BCUT2D eigenvalue weighted by Crippen LogP contribution is 2.43. The third-order valence-corrected chi connectivity index (χ3v) is 8.74. The first-order chi connectivity index (χ1) is 16.9. The lowest BCUT2D eigenvalue weighted by atomic mass is 10.1. The number of hydrazine groups is 1.